The zero-order valence-corrected chi connectivity index (χ0v) is 13.8. The summed E-state index contributed by atoms with van der Waals surface area (Å²) in [5, 5.41) is 1.44. The first kappa shape index (κ1) is 16.8. The number of benzene rings is 2. The highest BCUT2D eigenvalue weighted by molar-refractivity contribution is 7.89. The minimum atomic E-state index is -3.50. The molecule has 120 valence electrons. The largest absolute Gasteiger partial charge is 0.398 e. The topological polar surface area (TPSA) is 72.2 Å². The van der Waals surface area contributed by atoms with E-state index in [1.54, 1.807) is 30.3 Å². The summed E-state index contributed by atoms with van der Waals surface area (Å²) in [5.41, 5.74) is 6.51. The van der Waals surface area contributed by atoms with Gasteiger partial charge in [0, 0.05) is 23.0 Å². The van der Waals surface area contributed by atoms with Gasteiger partial charge in [-0.05, 0) is 18.6 Å². The van der Waals surface area contributed by atoms with E-state index in [1.165, 1.54) is 12.8 Å². The Morgan fingerprint density at radius 2 is 1.64 bits per heavy atom. The van der Waals surface area contributed by atoms with Gasteiger partial charge in [0.1, 0.15) is 0 Å². The minimum Gasteiger partial charge on any atom is -0.398 e. The highest BCUT2D eigenvalue weighted by Gasteiger charge is 2.16. The fourth-order valence-electron chi connectivity index (χ4n) is 2.55. The van der Waals surface area contributed by atoms with Crippen molar-refractivity contribution < 1.29 is 8.42 Å². The van der Waals surface area contributed by atoms with Crippen molar-refractivity contribution in [3.63, 3.8) is 0 Å². The van der Waals surface area contributed by atoms with E-state index in [9.17, 15) is 8.42 Å². The number of nitrogens with one attached hydrogen (secondary N) is 1. The van der Waals surface area contributed by atoms with Gasteiger partial charge in [-0.2, -0.15) is 0 Å². The third kappa shape index (κ3) is 3.99. The fraction of sp³-hybridized carbons (Fsp3) is 0.412. The SMILES string of the molecule is CCCCCCCNS(=O)(=O)c1cccc2c(N)cccc12. The average molecular weight is 320 g/mol. The second-order valence-electron chi connectivity index (χ2n) is 5.51. The molecule has 0 amide bonds. The third-order valence-electron chi connectivity index (χ3n) is 3.78. The number of anilines is 1. The first-order valence-electron chi connectivity index (χ1n) is 7.83. The summed E-state index contributed by atoms with van der Waals surface area (Å²) in [4.78, 5) is 0.297. The summed E-state index contributed by atoms with van der Waals surface area (Å²) in [5.74, 6) is 0. The van der Waals surface area contributed by atoms with Crippen LogP contribution >= 0.6 is 0 Å². The van der Waals surface area contributed by atoms with Crippen LogP contribution in [0, 0.1) is 0 Å². The van der Waals surface area contributed by atoms with Crippen LogP contribution in [0.15, 0.2) is 41.3 Å². The van der Waals surface area contributed by atoms with Gasteiger partial charge >= 0.3 is 0 Å². The lowest BCUT2D eigenvalue weighted by atomic mass is 10.1. The van der Waals surface area contributed by atoms with E-state index in [0.29, 0.717) is 22.5 Å². The van der Waals surface area contributed by atoms with Crippen LogP contribution in [0.5, 0.6) is 0 Å². The predicted octanol–water partition coefficient (Wildman–Crippen LogP) is 3.67. The van der Waals surface area contributed by atoms with Gasteiger partial charge in [0.2, 0.25) is 10.0 Å². The van der Waals surface area contributed by atoms with Gasteiger partial charge in [0.25, 0.3) is 0 Å². The molecule has 0 aliphatic heterocycles. The van der Waals surface area contributed by atoms with Crippen LogP contribution in [-0.4, -0.2) is 15.0 Å². The molecule has 0 fully saturated rings. The molecule has 2 aromatic rings. The van der Waals surface area contributed by atoms with Crippen molar-refractivity contribution >= 4 is 26.5 Å². The van der Waals surface area contributed by atoms with Crippen LogP contribution in [0.2, 0.25) is 0 Å². The maximum absolute atomic E-state index is 12.5. The maximum Gasteiger partial charge on any atom is 0.241 e. The number of nitrogens with two attached hydrogens (primary N) is 1. The second kappa shape index (κ2) is 7.61. The standard InChI is InChI=1S/C17H24N2O2S/c1-2-3-4-5-6-13-19-22(20,21)17-12-8-9-14-15(17)10-7-11-16(14)18/h7-12,19H,2-6,13,18H2,1H3. The zero-order chi connectivity index (χ0) is 16.0. The van der Waals surface area contributed by atoms with Crippen molar-refractivity contribution in [3.8, 4) is 0 Å². The van der Waals surface area contributed by atoms with Crippen LogP contribution < -0.4 is 10.5 Å². The third-order valence-corrected chi connectivity index (χ3v) is 5.30. The lowest BCUT2D eigenvalue weighted by Crippen LogP contribution is -2.25. The van der Waals surface area contributed by atoms with Crippen LogP contribution in [0.4, 0.5) is 5.69 Å². The van der Waals surface area contributed by atoms with E-state index in [1.807, 2.05) is 6.07 Å². The molecule has 0 atom stereocenters. The molecule has 0 aromatic heterocycles. The zero-order valence-electron chi connectivity index (χ0n) is 13.0. The summed E-state index contributed by atoms with van der Waals surface area (Å²) in [7, 11) is -3.50. The molecule has 0 unspecified atom stereocenters. The van der Waals surface area contributed by atoms with Crippen LogP contribution in [0.25, 0.3) is 10.8 Å². The quantitative estimate of drug-likeness (QED) is 0.576. The molecule has 0 saturated heterocycles. The molecule has 0 saturated carbocycles. The van der Waals surface area contributed by atoms with Gasteiger partial charge in [-0.3, -0.25) is 0 Å². The summed E-state index contributed by atoms with van der Waals surface area (Å²) in [6, 6.07) is 10.5. The Morgan fingerprint density at radius 3 is 2.41 bits per heavy atom. The molecular weight excluding hydrogens is 296 g/mol. The Kier molecular flexibility index (Phi) is 5.80. The maximum atomic E-state index is 12.5. The average Bonchev–Trinajstić information content (AvgIpc) is 2.50. The van der Waals surface area contributed by atoms with Crippen molar-refractivity contribution in [3.05, 3.63) is 36.4 Å². The molecule has 4 nitrogen and oxygen atoms in total. The highest BCUT2D eigenvalue weighted by atomic mass is 32.2. The van der Waals surface area contributed by atoms with Crippen LogP contribution in [0.1, 0.15) is 39.0 Å². The van der Waals surface area contributed by atoms with E-state index >= 15 is 0 Å². The molecule has 0 heterocycles. The monoisotopic (exact) mass is 320 g/mol. The normalized spacial score (nSPS) is 11.9. The fourth-order valence-corrected chi connectivity index (χ4v) is 3.85. The number of hydrogen-bond acceptors (Lipinski definition) is 3. The smallest absolute Gasteiger partial charge is 0.241 e. The Bertz CT molecular complexity index is 727. The molecule has 0 aliphatic carbocycles. The second-order valence-corrected chi connectivity index (χ2v) is 7.25. The van der Waals surface area contributed by atoms with Crippen LogP contribution in [0.3, 0.4) is 0 Å². The van der Waals surface area contributed by atoms with E-state index in [-0.39, 0.29) is 0 Å². The van der Waals surface area contributed by atoms with Gasteiger partial charge in [0.15, 0.2) is 0 Å². The molecule has 0 aliphatic rings. The van der Waals surface area contributed by atoms with Crippen molar-refractivity contribution in [2.45, 2.75) is 43.9 Å². The van der Waals surface area contributed by atoms with E-state index < -0.39 is 10.0 Å². The first-order valence-corrected chi connectivity index (χ1v) is 9.31. The molecular formula is C17H24N2O2S. The van der Waals surface area contributed by atoms with Crippen LogP contribution in [-0.2, 0) is 10.0 Å². The van der Waals surface area contributed by atoms with Gasteiger partial charge in [-0.25, -0.2) is 13.1 Å². The number of nitrogen functional groups attached to an aromatic ring is 1. The molecule has 0 radical (unpaired) electrons. The molecule has 2 aromatic carbocycles. The van der Waals surface area contributed by atoms with Crippen molar-refractivity contribution in [1.29, 1.82) is 0 Å². The Hall–Kier alpha value is -1.59. The minimum absolute atomic E-state index is 0.297. The molecule has 22 heavy (non-hydrogen) atoms. The van der Waals surface area contributed by atoms with E-state index in [4.69, 9.17) is 5.73 Å². The summed E-state index contributed by atoms with van der Waals surface area (Å²) < 4.78 is 27.7. The van der Waals surface area contributed by atoms with Gasteiger partial charge in [0.05, 0.1) is 4.90 Å². The van der Waals surface area contributed by atoms with Crippen molar-refractivity contribution in [2.75, 3.05) is 12.3 Å². The summed E-state index contributed by atoms with van der Waals surface area (Å²) >= 11 is 0. The molecule has 2 rings (SSSR count). The Morgan fingerprint density at radius 1 is 0.955 bits per heavy atom. The molecule has 0 bridgehead atoms. The molecule has 5 heteroatoms. The predicted molar refractivity (Wildman–Crippen MR) is 92.3 cm³/mol. The lowest BCUT2D eigenvalue weighted by Gasteiger charge is -2.10. The number of rotatable bonds is 8. The van der Waals surface area contributed by atoms with Crippen molar-refractivity contribution in [2.24, 2.45) is 0 Å². The first-order chi connectivity index (χ1) is 10.6. The Labute approximate surface area is 132 Å². The number of hydrogen-bond donors (Lipinski definition) is 2. The number of fused-ring (bicyclic) bond motifs is 1. The highest BCUT2D eigenvalue weighted by Crippen LogP contribution is 2.26. The van der Waals surface area contributed by atoms with Gasteiger partial charge < -0.3 is 5.73 Å². The molecule has 3 N–H and O–H groups in total. The molecule has 0 spiro atoms. The Balaban J connectivity index is 2.11. The van der Waals surface area contributed by atoms with Gasteiger partial charge in [-0.1, -0.05) is 56.9 Å². The summed E-state index contributed by atoms with van der Waals surface area (Å²) in [6.45, 7) is 2.64. The summed E-state index contributed by atoms with van der Waals surface area (Å²) in [6.07, 6.45) is 5.46. The van der Waals surface area contributed by atoms with E-state index in [2.05, 4.69) is 11.6 Å². The number of sulfonamides is 1. The number of unbranched alkanes of at least 4 members (excludes halogenated alkanes) is 4. The van der Waals surface area contributed by atoms with E-state index in [0.717, 1.165) is 24.6 Å². The van der Waals surface area contributed by atoms with Gasteiger partial charge in [-0.15, -0.1) is 0 Å². The van der Waals surface area contributed by atoms with Crippen molar-refractivity contribution in [1.82, 2.24) is 4.72 Å². The lowest BCUT2D eigenvalue weighted by molar-refractivity contribution is 0.571.